The Balaban J connectivity index is 0.000000160. The van der Waals surface area contributed by atoms with Crippen LogP contribution in [0.4, 0.5) is 0 Å². The van der Waals surface area contributed by atoms with Gasteiger partial charge in [0.05, 0.1) is 11.1 Å². The quantitative estimate of drug-likeness (QED) is 0.647. The Kier molecular flexibility index (Phi) is 4.69. The molecule has 0 unspecified atom stereocenters. The summed E-state index contributed by atoms with van der Waals surface area (Å²) >= 11 is 0. The van der Waals surface area contributed by atoms with Crippen LogP contribution in [0.3, 0.4) is 0 Å². The Hall–Kier alpha value is -2.51. The van der Waals surface area contributed by atoms with Crippen LogP contribution in [0.1, 0.15) is 26.3 Å². The van der Waals surface area contributed by atoms with E-state index in [0.717, 1.165) is 0 Å². The first-order valence-corrected chi connectivity index (χ1v) is 7.91. The lowest BCUT2D eigenvalue weighted by atomic mass is 10.1. The Morgan fingerprint density at radius 3 is 1.73 bits per heavy atom. The molecule has 0 fully saturated rings. The molecule has 0 radical (unpaired) electrons. The summed E-state index contributed by atoms with van der Waals surface area (Å²) in [5.74, 6) is -0.912. The highest BCUT2D eigenvalue weighted by atomic mass is 32.2. The van der Waals surface area contributed by atoms with Gasteiger partial charge in [-0.2, -0.15) is 8.42 Å². The van der Waals surface area contributed by atoms with E-state index in [9.17, 15) is 18.0 Å². The number of amides is 2. The van der Waals surface area contributed by atoms with Crippen LogP contribution in [0.5, 0.6) is 0 Å². The molecule has 2 amide bonds. The summed E-state index contributed by atoms with van der Waals surface area (Å²) in [6.45, 7) is 0. The minimum absolute atomic E-state index is 0.300. The molecule has 0 aromatic heterocycles. The Labute approximate surface area is 127 Å². The second kappa shape index (κ2) is 6.50. The molecule has 2 N–H and O–H groups in total. The van der Waals surface area contributed by atoms with Crippen molar-refractivity contribution in [2.75, 3.05) is 0 Å². The van der Waals surface area contributed by atoms with Crippen molar-refractivity contribution in [3.8, 4) is 0 Å². The summed E-state index contributed by atoms with van der Waals surface area (Å²) in [5, 5.41) is 2.20. The van der Waals surface area contributed by atoms with Crippen molar-refractivity contribution in [3.63, 3.8) is 0 Å². The van der Waals surface area contributed by atoms with Crippen LogP contribution in [-0.4, -0.2) is 24.8 Å². The lowest BCUT2D eigenvalue weighted by Crippen LogP contribution is -2.19. The van der Waals surface area contributed by atoms with E-state index < -0.39 is 10.1 Å². The predicted octanol–water partition coefficient (Wildman–Crippen LogP) is 1.64. The molecule has 3 rings (SSSR count). The summed E-state index contributed by atoms with van der Waals surface area (Å²) in [5.41, 5.74) is 1.53. The van der Waals surface area contributed by atoms with Crippen molar-refractivity contribution in [2.45, 2.75) is 5.75 Å². The second-order valence-electron chi connectivity index (χ2n) is 4.54. The topological polar surface area (TPSA) is 101 Å². The fraction of sp³-hybridized carbons (Fsp3) is 0.0667. The standard InChI is InChI=1S/C8H5NO2.C7H8O3S/c10-7-5-3-1-2-4-6(5)8(11)9-7;8-11(9,10)6-7-4-2-1-3-5-7/h1-4H,(H,9,10,11);1-5H,6H2,(H,8,9,10). The summed E-state index contributed by atoms with van der Waals surface area (Å²) < 4.78 is 29.2. The third kappa shape index (κ3) is 4.24. The van der Waals surface area contributed by atoms with Gasteiger partial charge in [-0.15, -0.1) is 0 Å². The number of carbonyl (C=O) groups is 2. The molecular weight excluding hydrogens is 306 g/mol. The van der Waals surface area contributed by atoms with E-state index >= 15 is 0 Å². The zero-order valence-corrected chi connectivity index (χ0v) is 12.2. The lowest BCUT2D eigenvalue weighted by Gasteiger charge is -1.95. The third-order valence-electron chi connectivity index (χ3n) is 2.84. The van der Waals surface area contributed by atoms with Gasteiger partial charge in [0, 0.05) is 0 Å². The minimum Gasteiger partial charge on any atom is -0.288 e. The van der Waals surface area contributed by atoms with Gasteiger partial charge in [-0.05, 0) is 17.7 Å². The molecule has 7 heteroatoms. The van der Waals surface area contributed by atoms with Gasteiger partial charge in [0.1, 0.15) is 5.75 Å². The average Bonchev–Trinajstić information content (AvgIpc) is 2.75. The highest BCUT2D eigenvalue weighted by Crippen LogP contribution is 2.13. The molecule has 0 atom stereocenters. The number of hydrogen-bond donors (Lipinski definition) is 2. The van der Waals surface area contributed by atoms with Gasteiger partial charge in [-0.1, -0.05) is 42.5 Å². The van der Waals surface area contributed by atoms with Crippen LogP contribution in [0.25, 0.3) is 0 Å². The molecule has 1 aliphatic heterocycles. The predicted molar refractivity (Wildman–Crippen MR) is 79.9 cm³/mol. The first-order chi connectivity index (χ1) is 10.4. The minimum atomic E-state index is -3.88. The number of fused-ring (bicyclic) bond motifs is 1. The normalized spacial score (nSPS) is 13.0. The van der Waals surface area contributed by atoms with E-state index in [4.69, 9.17) is 4.55 Å². The van der Waals surface area contributed by atoms with Crippen molar-refractivity contribution >= 4 is 21.9 Å². The first kappa shape index (κ1) is 15.9. The van der Waals surface area contributed by atoms with Gasteiger partial charge in [-0.3, -0.25) is 19.5 Å². The smallest absolute Gasteiger partial charge is 0.269 e. The van der Waals surface area contributed by atoms with Gasteiger partial charge >= 0.3 is 0 Å². The van der Waals surface area contributed by atoms with Crippen LogP contribution in [0, 0.1) is 0 Å². The number of carbonyl (C=O) groups excluding carboxylic acids is 2. The molecule has 6 nitrogen and oxygen atoms in total. The molecule has 2 aromatic carbocycles. The van der Waals surface area contributed by atoms with Crippen molar-refractivity contribution < 1.29 is 22.6 Å². The van der Waals surface area contributed by atoms with Crippen molar-refractivity contribution in [2.24, 2.45) is 0 Å². The van der Waals surface area contributed by atoms with Gasteiger partial charge in [0.25, 0.3) is 21.9 Å². The van der Waals surface area contributed by atoms with E-state index in [1.807, 2.05) is 0 Å². The zero-order chi connectivity index (χ0) is 16.2. The maximum absolute atomic E-state index is 10.9. The second-order valence-corrected chi connectivity index (χ2v) is 5.99. The molecule has 22 heavy (non-hydrogen) atoms. The number of benzene rings is 2. The molecule has 0 aliphatic carbocycles. The molecular formula is C15H13NO5S. The van der Waals surface area contributed by atoms with Crippen molar-refractivity contribution in [1.29, 1.82) is 0 Å². The summed E-state index contributed by atoms with van der Waals surface area (Å²) in [6.07, 6.45) is 0. The van der Waals surface area contributed by atoms with E-state index in [1.54, 1.807) is 54.6 Å². The third-order valence-corrected chi connectivity index (χ3v) is 3.53. The van der Waals surface area contributed by atoms with Gasteiger partial charge in [0.15, 0.2) is 0 Å². The zero-order valence-electron chi connectivity index (χ0n) is 11.4. The van der Waals surface area contributed by atoms with Crippen LogP contribution in [-0.2, 0) is 15.9 Å². The Bertz CT molecular complexity index is 767. The van der Waals surface area contributed by atoms with Crippen LogP contribution in [0.2, 0.25) is 0 Å². The van der Waals surface area contributed by atoms with Crippen LogP contribution in [0.15, 0.2) is 54.6 Å². The maximum atomic E-state index is 10.9. The van der Waals surface area contributed by atoms with Crippen molar-refractivity contribution in [3.05, 3.63) is 71.3 Å². The maximum Gasteiger partial charge on any atom is 0.269 e. The first-order valence-electron chi connectivity index (χ1n) is 6.30. The fourth-order valence-corrected chi connectivity index (χ4v) is 2.52. The van der Waals surface area contributed by atoms with Crippen molar-refractivity contribution in [1.82, 2.24) is 5.32 Å². The lowest BCUT2D eigenvalue weighted by molar-refractivity contribution is 0.0879. The highest BCUT2D eigenvalue weighted by molar-refractivity contribution is 7.85. The number of hydrogen-bond acceptors (Lipinski definition) is 4. The van der Waals surface area contributed by atoms with Crippen LogP contribution < -0.4 is 5.32 Å². The summed E-state index contributed by atoms with van der Waals surface area (Å²) in [6, 6.07) is 15.3. The molecule has 0 spiro atoms. The molecule has 0 saturated heterocycles. The van der Waals surface area contributed by atoms with Gasteiger partial charge in [0.2, 0.25) is 0 Å². The van der Waals surface area contributed by atoms with Crippen LogP contribution >= 0.6 is 0 Å². The van der Waals surface area contributed by atoms with Gasteiger partial charge in [-0.25, -0.2) is 0 Å². The monoisotopic (exact) mass is 319 g/mol. The van der Waals surface area contributed by atoms with E-state index in [-0.39, 0.29) is 17.6 Å². The Morgan fingerprint density at radius 1 is 0.818 bits per heavy atom. The molecule has 0 saturated carbocycles. The van der Waals surface area contributed by atoms with E-state index in [0.29, 0.717) is 16.7 Å². The fourth-order valence-electron chi connectivity index (χ4n) is 1.90. The number of nitrogens with one attached hydrogen (secondary N) is 1. The summed E-state index contributed by atoms with van der Waals surface area (Å²) in [4.78, 5) is 21.9. The average molecular weight is 319 g/mol. The molecule has 1 heterocycles. The highest BCUT2D eigenvalue weighted by Gasteiger charge is 2.25. The number of imide groups is 1. The Morgan fingerprint density at radius 2 is 1.27 bits per heavy atom. The number of rotatable bonds is 2. The SMILES string of the molecule is O=C1NC(=O)c2ccccc21.O=S(=O)(O)Cc1ccccc1. The van der Waals surface area contributed by atoms with E-state index in [1.165, 1.54) is 0 Å². The molecule has 114 valence electrons. The molecule has 1 aliphatic rings. The van der Waals surface area contributed by atoms with Gasteiger partial charge < -0.3 is 0 Å². The largest absolute Gasteiger partial charge is 0.288 e. The molecule has 0 bridgehead atoms. The molecule has 2 aromatic rings. The summed E-state index contributed by atoms with van der Waals surface area (Å²) in [7, 11) is -3.88. The van der Waals surface area contributed by atoms with E-state index in [2.05, 4.69) is 5.32 Å².